The van der Waals surface area contributed by atoms with Crippen molar-refractivity contribution in [3.05, 3.63) is 50.3 Å². The number of anilines is 1. The monoisotopic (exact) mass is 429 g/mol. The van der Waals surface area contributed by atoms with Crippen LogP contribution < -0.4 is 15.8 Å². The molecular formula is C14H15NO3W. The van der Waals surface area contributed by atoms with Gasteiger partial charge in [-0.1, -0.05) is 0 Å². The Morgan fingerprint density at radius 2 is 1.89 bits per heavy atom. The van der Waals surface area contributed by atoms with E-state index in [-0.39, 0.29) is 11.3 Å². The van der Waals surface area contributed by atoms with Crippen molar-refractivity contribution in [2.75, 3.05) is 19.0 Å². The van der Waals surface area contributed by atoms with Gasteiger partial charge >= 0.3 is 122 Å². The Balaban J connectivity index is 3.34. The van der Waals surface area contributed by atoms with E-state index in [1.54, 1.807) is 31.1 Å². The van der Waals surface area contributed by atoms with Gasteiger partial charge in [-0.15, -0.1) is 0 Å². The Hall–Kier alpha value is -1.41. The predicted molar refractivity (Wildman–Crippen MR) is 73.4 cm³/mol. The van der Waals surface area contributed by atoms with Crippen molar-refractivity contribution in [1.29, 1.82) is 0 Å². The first-order valence-corrected chi connectivity index (χ1v) is 7.33. The van der Waals surface area contributed by atoms with Gasteiger partial charge in [0.25, 0.3) is 0 Å². The summed E-state index contributed by atoms with van der Waals surface area (Å²) >= 11 is 1.28. The number of rotatable bonds is 6. The number of hydrogen-bond donors (Lipinski definition) is 0. The van der Waals surface area contributed by atoms with Crippen molar-refractivity contribution in [3.8, 4) is 0 Å². The molecular weight excluding hydrogens is 414 g/mol. The third-order valence-electron chi connectivity index (χ3n) is 2.82. The Labute approximate surface area is 122 Å². The number of allylic oxidation sites excluding steroid dienone is 3. The molecule has 5 heteroatoms. The average Bonchev–Trinajstić information content (AvgIpc) is 2.34. The molecule has 1 unspecified atom stereocenters. The third kappa shape index (κ3) is 2.95. The first-order chi connectivity index (χ1) is 8.82. The molecule has 0 fully saturated rings. The summed E-state index contributed by atoms with van der Waals surface area (Å²) in [6.07, 6.45) is 3.49. The van der Waals surface area contributed by atoms with E-state index >= 15 is 0 Å². The minimum absolute atomic E-state index is 0.187. The van der Waals surface area contributed by atoms with Gasteiger partial charge < -0.3 is 0 Å². The normalized spacial score (nSPS) is 12.6. The van der Waals surface area contributed by atoms with Crippen LogP contribution in [0.1, 0.15) is 18.4 Å². The SMILES string of the molecule is C=C(C=C[CH]=[W])C(C(C)=O)c1c(N(C)C)c(=O)c1=O. The molecule has 1 aromatic rings. The molecule has 0 aliphatic carbocycles. The summed E-state index contributed by atoms with van der Waals surface area (Å²) in [7, 11) is 3.36. The van der Waals surface area contributed by atoms with E-state index in [9.17, 15) is 14.4 Å². The van der Waals surface area contributed by atoms with Gasteiger partial charge in [0.1, 0.15) is 0 Å². The van der Waals surface area contributed by atoms with E-state index in [4.69, 9.17) is 0 Å². The molecule has 0 saturated carbocycles. The summed E-state index contributed by atoms with van der Waals surface area (Å²) in [5, 5.41) is 0. The molecule has 0 amide bonds. The number of nitrogens with zero attached hydrogens (tertiary/aromatic N) is 1. The van der Waals surface area contributed by atoms with Crippen molar-refractivity contribution in [3.63, 3.8) is 0 Å². The van der Waals surface area contributed by atoms with E-state index < -0.39 is 16.8 Å². The molecule has 0 heterocycles. The fraction of sp³-hybridized carbons (Fsp3) is 0.286. The van der Waals surface area contributed by atoms with Crippen molar-refractivity contribution in [2.24, 2.45) is 0 Å². The second-order valence-corrected chi connectivity index (χ2v) is 5.41. The van der Waals surface area contributed by atoms with Crippen LogP contribution in [0.4, 0.5) is 5.69 Å². The van der Waals surface area contributed by atoms with E-state index in [2.05, 4.69) is 6.58 Å². The van der Waals surface area contributed by atoms with Crippen LogP contribution in [0.3, 0.4) is 0 Å². The van der Waals surface area contributed by atoms with Crippen LogP contribution in [0.15, 0.2) is 33.9 Å². The summed E-state index contributed by atoms with van der Waals surface area (Å²) in [6.45, 7) is 5.24. The molecule has 4 nitrogen and oxygen atoms in total. The number of hydrogen-bond acceptors (Lipinski definition) is 4. The van der Waals surface area contributed by atoms with Gasteiger partial charge in [0, 0.05) is 0 Å². The van der Waals surface area contributed by atoms with Crippen LogP contribution in [-0.2, 0) is 24.1 Å². The van der Waals surface area contributed by atoms with E-state index in [1.807, 2.05) is 4.40 Å². The van der Waals surface area contributed by atoms with Gasteiger partial charge in [0.05, 0.1) is 0 Å². The number of carbonyl (C=O) groups is 1. The topological polar surface area (TPSA) is 54.5 Å². The molecule has 100 valence electrons. The summed E-state index contributed by atoms with van der Waals surface area (Å²) in [5.74, 6) is -0.915. The number of carbonyl (C=O) groups excluding carboxylic acids is 1. The summed E-state index contributed by atoms with van der Waals surface area (Å²) in [5.41, 5.74) is -0.00858. The quantitative estimate of drug-likeness (QED) is 0.488. The van der Waals surface area contributed by atoms with E-state index in [0.29, 0.717) is 11.3 Å². The summed E-state index contributed by atoms with van der Waals surface area (Å²) in [4.78, 5) is 36.7. The minimum atomic E-state index is -0.728. The van der Waals surface area contributed by atoms with Gasteiger partial charge in [-0.2, -0.15) is 0 Å². The standard InChI is InChI=1S/C14H15NO3.W/c1-6-7-8(2)10(9(3)16)11-12(15(4)5)14(18)13(11)17;/h1,6-7,10H,2H2,3-5H3;. The molecule has 0 aliphatic heterocycles. The zero-order valence-corrected chi connectivity index (χ0v) is 14.0. The average molecular weight is 429 g/mol. The molecule has 0 aromatic heterocycles. The third-order valence-corrected chi connectivity index (χ3v) is 3.39. The summed E-state index contributed by atoms with van der Waals surface area (Å²) < 4.78 is 1.89. The molecule has 0 saturated heterocycles. The van der Waals surface area contributed by atoms with Crippen LogP contribution >= 0.6 is 0 Å². The van der Waals surface area contributed by atoms with Crippen LogP contribution in [0, 0.1) is 0 Å². The predicted octanol–water partition coefficient (Wildman–Crippen LogP) is 0.483. The summed E-state index contributed by atoms with van der Waals surface area (Å²) in [6, 6.07) is 0. The molecule has 0 spiro atoms. The first-order valence-electron chi connectivity index (χ1n) is 5.64. The first kappa shape index (κ1) is 15.6. The van der Waals surface area contributed by atoms with Crippen LogP contribution in [0.25, 0.3) is 0 Å². The molecule has 1 aromatic carbocycles. The van der Waals surface area contributed by atoms with Gasteiger partial charge in [-0.25, -0.2) is 0 Å². The van der Waals surface area contributed by atoms with Crippen molar-refractivity contribution >= 4 is 15.9 Å². The second kappa shape index (κ2) is 6.16. The van der Waals surface area contributed by atoms with Gasteiger partial charge in [-0.05, 0) is 0 Å². The Kier molecular flexibility index (Phi) is 5.07. The number of ketones is 1. The Morgan fingerprint density at radius 3 is 2.32 bits per heavy atom. The molecule has 0 radical (unpaired) electrons. The van der Waals surface area contributed by atoms with Gasteiger partial charge in [0.2, 0.25) is 0 Å². The van der Waals surface area contributed by atoms with Crippen LogP contribution in [0.5, 0.6) is 0 Å². The van der Waals surface area contributed by atoms with Gasteiger partial charge in [-0.3, -0.25) is 0 Å². The second-order valence-electron chi connectivity index (χ2n) is 4.43. The van der Waals surface area contributed by atoms with Crippen molar-refractivity contribution < 1.29 is 24.1 Å². The molecule has 1 rings (SSSR count). The van der Waals surface area contributed by atoms with E-state index in [1.165, 1.54) is 26.3 Å². The van der Waals surface area contributed by atoms with Crippen LogP contribution in [-0.4, -0.2) is 24.3 Å². The molecule has 0 N–H and O–H groups in total. The maximum absolute atomic E-state index is 11.8. The van der Waals surface area contributed by atoms with Crippen molar-refractivity contribution in [2.45, 2.75) is 12.8 Å². The number of Topliss-reactive ketones (excluding diaryl/α,β-unsaturated/α-hetero) is 1. The maximum atomic E-state index is 11.8. The molecule has 1 atom stereocenters. The fourth-order valence-corrected chi connectivity index (χ4v) is 2.30. The zero-order chi connectivity index (χ0) is 14.7. The molecule has 0 bridgehead atoms. The van der Waals surface area contributed by atoms with Crippen molar-refractivity contribution in [1.82, 2.24) is 0 Å². The van der Waals surface area contributed by atoms with Crippen LogP contribution in [0.2, 0.25) is 0 Å². The Morgan fingerprint density at radius 1 is 1.32 bits per heavy atom. The molecule has 0 aliphatic rings. The van der Waals surface area contributed by atoms with Gasteiger partial charge in [0.15, 0.2) is 0 Å². The zero-order valence-electron chi connectivity index (χ0n) is 11.1. The molecule has 19 heavy (non-hydrogen) atoms. The fourth-order valence-electron chi connectivity index (χ4n) is 2.02. The Bertz CT molecular complexity index is 633. The van der Waals surface area contributed by atoms with E-state index in [0.717, 1.165) is 0 Å².